The molecular weight excluding hydrogens is 464 g/mol. The first-order valence-electron chi connectivity index (χ1n) is 10.3. The monoisotopic (exact) mass is 488 g/mol. The minimum atomic E-state index is -4.74. The van der Waals surface area contributed by atoms with Gasteiger partial charge in [-0.05, 0) is 54.3 Å². The van der Waals surface area contributed by atoms with Crippen molar-refractivity contribution in [3.8, 4) is 0 Å². The van der Waals surface area contributed by atoms with Gasteiger partial charge >= 0.3 is 12.1 Å². The Balaban J connectivity index is 1.60. The van der Waals surface area contributed by atoms with E-state index in [1.54, 1.807) is 13.0 Å². The van der Waals surface area contributed by atoms with Gasteiger partial charge in [0.1, 0.15) is 5.82 Å². The summed E-state index contributed by atoms with van der Waals surface area (Å²) in [6.45, 7) is 3.41. The maximum Gasteiger partial charge on any atom is 0.419 e. The van der Waals surface area contributed by atoms with Crippen LogP contribution in [0.1, 0.15) is 22.3 Å². The summed E-state index contributed by atoms with van der Waals surface area (Å²) in [6.07, 6.45) is -4.68. The summed E-state index contributed by atoms with van der Waals surface area (Å²) in [5, 5.41) is 8.99. The topological polar surface area (TPSA) is 77.9 Å². The fourth-order valence-electron chi connectivity index (χ4n) is 3.82. The van der Waals surface area contributed by atoms with E-state index in [1.807, 2.05) is 4.90 Å². The highest BCUT2D eigenvalue weighted by molar-refractivity contribution is 7.89. The Morgan fingerprint density at radius 3 is 2.27 bits per heavy atom. The zero-order valence-electron chi connectivity index (χ0n) is 17.9. The SMILES string of the molecule is Cc1cc(CC(=O)O)cc(S(=O)(=O)N2CCN(CCc3ccc(C(F)(F)F)c(F)c3)CC2)c1. The molecule has 33 heavy (non-hydrogen) atoms. The van der Waals surface area contributed by atoms with Crippen molar-refractivity contribution < 1.29 is 35.9 Å². The second-order valence-corrected chi connectivity index (χ2v) is 9.97. The molecule has 0 saturated carbocycles. The Morgan fingerprint density at radius 1 is 1.03 bits per heavy atom. The van der Waals surface area contributed by atoms with Crippen molar-refractivity contribution in [1.82, 2.24) is 9.21 Å². The third-order valence-corrected chi connectivity index (χ3v) is 7.37. The highest BCUT2D eigenvalue weighted by Crippen LogP contribution is 2.31. The quantitative estimate of drug-likeness (QED) is 0.605. The lowest BCUT2D eigenvalue weighted by atomic mass is 10.1. The average Bonchev–Trinajstić information content (AvgIpc) is 2.70. The molecule has 1 aliphatic rings. The molecule has 0 aliphatic carbocycles. The molecule has 0 atom stereocenters. The van der Waals surface area contributed by atoms with Gasteiger partial charge in [0, 0.05) is 32.7 Å². The Labute approximate surface area is 189 Å². The van der Waals surface area contributed by atoms with Crippen LogP contribution in [0, 0.1) is 12.7 Å². The molecule has 1 fully saturated rings. The van der Waals surface area contributed by atoms with Gasteiger partial charge in [0.2, 0.25) is 10.0 Å². The number of aryl methyl sites for hydroxylation is 1. The van der Waals surface area contributed by atoms with Crippen LogP contribution in [0.2, 0.25) is 0 Å². The van der Waals surface area contributed by atoms with Crippen LogP contribution < -0.4 is 0 Å². The Hall–Kier alpha value is -2.50. The van der Waals surface area contributed by atoms with Gasteiger partial charge in [0.25, 0.3) is 0 Å². The normalized spacial score (nSPS) is 16.2. The fraction of sp³-hybridized carbons (Fsp3) is 0.409. The Kier molecular flexibility index (Phi) is 7.45. The highest BCUT2D eigenvalue weighted by Gasteiger charge is 2.34. The molecule has 1 N–H and O–H groups in total. The summed E-state index contributed by atoms with van der Waals surface area (Å²) in [6, 6.07) is 7.38. The Morgan fingerprint density at radius 2 is 1.70 bits per heavy atom. The summed E-state index contributed by atoms with van der Waals surface area (Å²) in [4.78, 5) is 13.0. The van der Waals surface area contributed by atoms with Gasteiger partial charge in [0.05, 0.1) is 16.9 Å². The third kappa shape index (κ3) is 6.30. The molecule has 0 amide bonds. The number of alkyl halides is 3. The van der Waals surface area contributed by atoms with Crippen LogP contribution in [-0.2, 0) is 33.8 Å². The predicted molar refractivity (Wildman–Crippen MR) is 113 cm³/mol. The first kappa shape index (κ1) is 25.1. The predicted octanol–water partition coefficient (Wildman–Crippen LogP) is 3.33. The number of hydrogen-bond donors (Lipinski definition) is 1. The maximum atomic E-state index is 13.7. The van der Waals surface area contributed by atoms with Crippen molar-refractivity contribution in [2.45, 2.75) is 30.8 Å². The van der Waals surface area contributed by atoms with E-state index >= 15 is 0 Å². The van der Waals surface area contributed by atoms with E-state index in [0.717, 1.165) is 12.1 Å². The minimum Gasteiger partial charge on any atom is -0.481 e. The van der Waals surface area contributed by atoms with Crippen molar-refractivity contribution >= 4 is 16.0 Å². The number of carboxylic acids is 1. The number of sulfonamides is 1. The molecule has 2 aromatic rings. The van der Waals surface area contributed by atoms with Crippen molar-refractivity contribution in [1.29, 1.82) is 0 Å². The van der Waals surface area contributed by atoms with Gasteiger partial charge in [-0.1, -0.05) is 12.1 Å². The molecule has 1 saturated heterocycles. The van der Waals surface area contributed by atoms with E-state index in [-0.39, 0.29) is 24.4 Å². The zero-order chi connectivity index (χ0) is 24.4. The lowest BCUT2D eigenvalue weighted by Crippen LogP contribution is -2.49. The van der Waals surface area contributed by atoms with E-state index in [1.165, 1.54) is 22.5 Å². The first-order chi connectivity index (χ1) is 15.4. The van der Waals surface area contributed by atoms with E-state index in [0.29, 0.717) is 42.7 Å². The lowest BCUT2D eigenvalue weighted by Gasteiger charge is -2.34. The van der Waals surface area contributed by atoms with Crippen molar-refractivity contribution in [2.75, 3.05) is 32.7 Å². The van der Waals surface area contributed by atoms with Gasteiger partial charge < -0.3 is 10.0 Å². The molecule has 6 nitrogen and oxygen atoms in total. The van der Waals surface area contributed by atoms with Gasteiger partial charge in [-0.15, -0.1) is 0 Å². The van der Waals surface area contributed by atoms with E-state index in [2.05, 4.69) is 0 Å². The molecular formula is C22H24F4N2O4S. The van der Waals surface area contributed by atoms with Crippen molar-refractivity contribution in [3.05, 3.63) is 64.5 Å². The van der Waals surface area contributed by atoms with Gasteiger partial charge in [-0.25, -0.2) is 12.8 Å². The summed E-state index contributed by atoms with van der Waals surface area (Å²) in [5.74, 6) is -2.36. The number of carboxylic acid groups (broad SMARTS) is 1. The molecule has 180 valence electrons. The number of hydrogen-bond acceptors (Lipinski definition) is 4. The molecule has 1 aliphatic heterocycles. The minimum absolute atomic E-state index is 0.0485. The van der Waals surface area contributed by atoms with Crippen LogP contribution in [0.25, 0.3) is 0 Å². The second-order valence-electron chi connectivity index (χ2n) is 8.03. The number of halogens is 4. The largest absolute Gasteiger partial charge is 0.481 e. The smallest absolute Gasteiger partial charge is 0.419 e. The zero-order valence-corrected chi connectivity index (χ0v) is 18.7. The number of aliphatic carboxylic acids is 1. The van der Waals surface area contributed by atoms with E-state index < -0.39 is 33.5 Å². The molecule has 11 heteroatoms. The molecule has 0 unspecified atom stereocenters. The summed E-state index contributed by atoms with van der Waals surface area (Å²) >= 11 is 0. The molecule has 2 aromatic carbocycles. The van der Waals surface area contributed by atoms with E-state index in [4.69, 9.17) is 5.11 Å². The van der Waals surface area contributed by atoms with E-state index in [9.17, 15) is 30.8 Å². The number of benzene rings is 2. The van der Waals surface area contributed by atoms with Crippen molar-refractivity contribution in [3.63, 3.8) is 0 Å². The maximum absolute atomic E-state index is 13.7. The summed E-state index contributed by atoms with van der Waals surface area (Å²) in [7, 11) is -3.80. The molecule has 1 heterocycles. The number of carbonyl (C=O) groups is 1. The molecule has 3 rings (SSSR count). The number of rotatable bonds is 7. The van der Waals surface area contributed by atoms with Gasteiger partial charge in [-0.3, -0.25) is 4.79 Å². The van der Waals surface area contributed by atoms with Gasteiger partial charge in [-0.2, -0.15) is 17.5 Å². The van der Waals surface area contributed by atoms with Crippen LogP contribution >= 0.6 is 0 Å². The molecule has 0 radical (unpaired) electrons. The third-order valence-electron chi connectivity index (χ3n) is 5.49. The summed E-state index contributed by atoms with van der Waals surface area (Å²) in [5.41, 5.74) is 0.187. The standard InChI is InChI=1S/C22H24F4N2O4S/c1-15-10-17(14-21(29)30)12-18(11-15)33(31,32)28-8-6-27(7-9-28)5-4-16-2-3-19(20(23)13-16)22(24,25)26/h2-3,10-13H,4-9,14H2,1H3,(H,29,30). The van der Waals surface area contributed by atoms with Crippen molar-refractivity contribution in [2.24, 2.45) is 0 Å². The summed E-state index contributed by atoms with van der Waals surface area (Å²) < 4.78 is 79.2. The fourth-order valence-corrected chi connectivity index (χ4v) is 5.40. The van der Waals surface area contributed by atoms with Gasteiger partial charge in [0.15, 0.2) is 0 Å². The molecule has 0 spiro atoms. The highest BCUT2D eigenvalue weighted by atomic mass is 32.2. The average molecular weight is 489 g/mol. The van der Waals surface area contributed by atoms with Crippen LogP contribution in [0.5, 0.6) is 0 Å². The van der Waals surface area contributed by atoms with Crippen LogP contribution in [0.15, 0.2) is 41.3 Å². The molecule has 0 bridgehead atoms. The van der Waals surface area contributed by atoms with Crippen LogP contribution in [0.4, 0.5) is 17.6 Å². The number of piperazine rings is 1. The van der Waals surface area contributed by atoms with Crippen LogP contribution in [-0.4, -0.2) is 61.4 Å². The Bertz CT molecular complexity index is 1130. The second kappa shape index (κ2) is 9.78. The molecule has 0 aromatic heterocycles. The first-order valence-corrected chi connectivity index (χ1v) is 11.7. The lowest BCUT2D eigenvalue weighted by molar-refractivity contribution is -0.140. The number of nitrogens with zero attached hydrogens (tertiary/aromatic N) is 2. The van der Waals surface area contributed by atoms with Crippen LogP contribution in [0.3, 0.4) is 0 Å².